The molecule has 2 aromatic rings. The van der Waals surface area contributed by atoms with Gasteiger partial charge in [-0.25, -0.2) is 0 Å². The van der Waals surface area contributed by atoms with Gasteiger partial charge >= 0.3 is 0 Å². The summed E-state index contributed by atoms with van der Waals surface area (Å²) in [4.78, 5) is 14.2. The quantitative estimate of drug-likeness (QED) is 0.861. The van der Waals surface area contributed by atoms with Crippen LogP contribution in [0.5, 0.6) is 0 Å². The molecule has 1 unspecified atom stereocenters. The number of halogens is 1. The summed E-state index contributed by atoms with van der Waals surface area (Å²) in [5, 5.41) is 18.0. The Balaban J connectivity index is 1.71. The maximum Gasteiger partial charge on any atom is 0.230 e. The van der Waals surface area contributed by atoms with Crippen LogP contribution in [0.4, 0.5) is 0 Å². The lowest BCUT2D eigenvalue weighted by Gasteiger charge is -2.28. The molecule has 3 rings (SSSR count). The molecule has 4 nitrogen and oxygen atoms in total. The summed E-state index contributed by atoms with van der Waals surface area (Å²) in [5.41, 5.74) is 1.76. The predicted octanol–water partition coefficient (Wildman–Crippen LogP) is 3.55. The van der Waals surface area contributed by atoms with Gasteiger partial charge in [0.1, 0.15) is 6.07 Å². The van der Waals surface area contributed by atoms with Gasteiger partial charge < -0.3 is 10.6 Å². The molecule has 0 aliphatic carbocycles. The van der Waals surface area contributed by atoms with Crippen molar-refractivity contribution in [2.45, 2.75) is 31.7 Å². The van der Waals surface area contributed by atoms with Crippen LogP contribution in [0.2, 0.25) is 5.02 Å². The van der Waals surface area contributed by atoms with E-state index in [0.29, 0.717) is 17.1 Å². The highest BCUT2D eigenvalue weighted by Gasteiger charge is 2.31. The Morgan fingerprint density at radius 2 is 2.28 bits per heavy atom. The average molecular weight is 374 g/mol. The highest BCUT2D eigenvalue weighted by molar-refractivity contribution is 7.10. The lowest BCUT2D eigenvalue weighted by atomic mass is 9.83. The molecule has 130 valence electrons. The Bertz CT molecular complexity index is 837. The SMILES string of the molecule is CC(C)(C(=O)NCC1NCCc2sccc21)c1ccc(C#N)c(Cl)c1. The van der Waals surface area contributed by atoms with Crippen LogP contribution in [-0.4, -0.2) is 19.0 Å². The van der Waals surface area contributed by atoms with Crippen molar-refractivity contribution in [1.29, 1.82) is 5.26 Å². The number of hydrogen-bond donors (Lipinski definition) is 2. The summed E-state index contributed by atoms with van der Waals surface area (Å²) in [6.45, 7) is 5.22. The maximum absolute atomic E-state index is 12.8. The molecule has 25 heavy (non-hydrogen) atoms. The highest BCUT2D eigenvalue weighted by Crippen LogP contribution is 2.29. The number of fused-ring (bicyclic) bond motifs is 1. The molecule has 2 heterocycles. The van der Waals surface area contributed by atoms with Crippen molar-refractivity contribution in [3.05, 3.63) is 56.2 Å². The van der Waals surface area contributed by atoms with Gasteiger partial charge in [-0.1, -0.05) is 17.7 Å². The van der Waals surface area contributed by atoms with E-state index in [0.717, 1.165) is 18.5 Å². The lowest BCUT2D eigenvalue weighted by molar-refractivity contribution is -0.125. The molecule has 1 aliphatic heterocycles. The van der Waals surface area contributed by atoms with E-state index in [1.807, 2.05) is 19.9 Å². The number of hydrogen-bond acceptors (Lipinski definition) is 4. The summed E-state index contributed by atoms with van der Waals surface area (Å²) in [6, 6.07) is 9.48. The van der Waals surface area contributed by atoms with Crippen LogP contribution in [0, 0.1) is 11.3 Å². The van der Waals surface area contributed by atoms with Crippen molar-refractivity contribution in [2.75, 3.05) is 13.1 Å². The second-order valence-corrected chi connectivity index (χ2v) is 8.11. The smallest absolute Gasteiger partial charge is 0.230 e. The molecule has 0 saturated carbocycles. The Kier molecular flexibility index (Phi) is 5.14. The molecule has 6 heteroatoms. The van der Waals surface area contributed by atoms with Crippen molar-refractivity contribution in [2.24, 2.45) is 0 Å². The number of carbonyl (C=O) groups excluding carboxylic acids is 1. The first-order valence-corrected chi connectivity index (χ1v) is 9.47. The molecule has 1 atom stereocenters. The maximum atomic E-state index is 12.8. The van der Waals surface area contributed by atoms with Crippen LogP contribution >= 0.6 is 22.9 Å². The molecule has 1 amide bonds. The standard InChI is InChI=1S/C19H20ClN3OS/c1-19(2,13-4-3-12(10-21)15(20)9-13)18(24)23-11-16-14-6-8-25-17(14)5-7-22-16/h3-4,6,8-9,16,22H,5,7,11H2,1-2H3,(H,23,24). The monoisotopic (exact) mass is 373 g/mol. The van der Waals surface area contributed by atoms with Crippen molar-refractivity contribution in [3.8, 4) is 6.07 Å². The fourth-order valence-corrected chi connectivity index (χ4v) is 4.23. The average Bonchev–Trinajstić information content (AvgIpc) is 3.08. The number of carbonyl (C=O) groups is 1. The largest absolute Gasteiger partial charge is 0.353 e. The molecule has 0 bridgehead atoms. The van der Waals surface area contributed by atoms with Gasteiger partial charge in [0.05, 0.1) is 22.0 Å². The third kappa shape index (κ3) is 3.57. The molecule has 1 aromatic heterocycles. The minimum absolute atomic E-state index is 0.0579. The van der Waals surface area contributed by atoms with E-state index in [1.165, 1.54) is 10.4 Å². The number of thiophene rings is 1. The molecular formula is C19H20ClN3OS. The van der Waals surface area contributed by atoms with Crippen LogP contribution in [0.3, 0.4) is 0 Å². The lowest BCUT2D eigenvalue weighted by Crippen LogP contribution is -2.44. The van der Waals surface area contributed by atoms with E-state index in [9.17, 15) is 4.79 Å². The van der Waals surface area contributed by atoms with Gasteiger partial charge in [0, 0.05) is 18.0 Å². The summed E-state index contributed by atoms with van der Waals surface area (Å²) >= 11 is 7.90. The minimum Gasteiger partial charge on any atom is -0.353 e. The van der Waals surface area contributed by atoms with Crippen LogP contribution in [-0.2, 0) is 16.6 Å². The van der Waals surface area contributed by atoms with E-state index >= 15 is 0 Å². The third-order valence-electron chi connectivity index (χ3n) is 4.74. The Hall–Kier alpha value is -1.87. The number of nitriles is 1. The molecule has 1 aromatic carbocycles. The van der Waals surface area contributed by atoms with Gasteiger partial charge in [0.25, 0.3) is 0 Å². The number of rotatable bonds is 4. The normalized spacial score (nSPS) is 16.8. The van der Waals surface area contributed by atoms with Gasteiger partial charge in [-0.15, -0.1) is 11.3 Å². The molecular weight excluding hydrogens is 354 g/mol. The molecule has 0 spiro atoms. The fraction of sp³-hybridized carbons (Fsp3) is 0.368. The molecule has 0 saturated heterocycles. The summed E-state index contributed by atoms with van der Waals surface area (Å²) in [6.07, 6.45) is 1.05. The Morgan fingerprint density at radius 1 is 1.48 bits per heavy atom. The number of benzene rings is 1. The second-order valence-electron chi connectivity index (χ2n) is 6.70. The number of nitrogens with zero attached hydrogens (tertiary/aromatic N) is 1. The van der Waals surface area contributed by atoms with Gasteiger partial charge in [-0.05, 0) is 55.0 Å². The van der Waals surface area contributed by atoms with E-state index < -0.39 is 5.41 Å². The topological polar surface area (TPSA) is 64.9 Å². The second kappa shape index (κ2) is 7.17. The zero-order valence-electron chi connectivity index (χ0n) is 14.2. The zero-order valence-corrected chi connectivity index (χ0v) is 15.8. The van der Waals surface area contributed by atoms with E-state index in [-0.39, 0.29) is 11.9 Å². The van der Waals surface area contributed by atoms with E-state index in [2.05, 4.69) is 22.1 Å². The zero-order chi connectivity index (χ0) is 18.0. The molecule has 1 aliphatic rings. The number of amides is 1. The van der Waals surface area contributed by atoms with Gasteiger partial charge in [0.2, 0.25) is 5.91 Å². The van der Waals surface area contributed by atoms with Gasteiger partial charge in [-0.2, -0.15) is 5.26 Å². The Morgan fingerprint density at radius 3 is 3.00 bits per heavy atom. The predicted molar refractivity (Wildman–Crippen MR) is 101 cm³/mol. The minimum atomic E-state index is -0.732. The molecule has 2 N–H and O–H groups in total. The van der Waals surface area contributed by atoms with Crippen molar-refractivity contribution in [3.63, 3.8) is 0 Å². The summed E-state index contributed by atoms with van der Waals surface area (Å²) < 4.78 is 0. The third-order valence-corrected chi connectivity index (χ3v) is 6.05. The Labute approximate surface area is 156 Å². The summed E-state index contributed by atoms with van der Waals surface area (Å²) in [7, 11) is 0. The first kappa shape index (κ1) is 17.9. The first-order chi connectivity index (χ1) is 11.9. The van der Waals surface area contributed by atoms with E-state index in [4.69, 9.17) is 16.9 Å². The molecule has 0 fully saturated rings. The van der Waals surface area contributed by atoms with Crippen LogP contribution in [0.15, 0.2) is 29.6 Å². The van der Waals surface area contributed by atoms with Crippen molar-refractivity contribution >= 4 is 28.8 Å². The van der Waals surface area contributed by atoms with Crippen LogP contribution in [0.1, 0.15) is 41.5 Å². The first-order valence-electron chi connectivity index (χ1n) is 8.21. The van der Waals surface area contributed by atoms with Gasteiger partial charge in [0.15, 0.2) is 0 Å². The van der Waals surface area contributed by atoms with Crippen LogP contribution in [0.25, 0.3) is 0 Å². The van der Waals surface area contributed by atoms with Gasteiger partial charge in [-0.3, -0.25) is 4.79 Å². The number of nitrogens with one attached hydrogen (secondary N) is 2. The fourth-order valence-electron chi connectivity index (χ4n) is 3.06. The van der Waals surface area contributed by atoms with Crippen LogP contribution < -0.4 is 10.6 Å². The van der Waals surface area contributed by atoms with E-state index in [1.54, 1.807) is 29.5 Å². The summed E-state index contributed by atoms with van der Waals surface area (Å²) in [5.74, 6) is -0.0579. The molecule has 0 radical (unpaired) electrons. The van der Waals surface area contributed by atoms with Crippen molar-refractivity contribution < 1.29 is 4.79 Å². The van der Waals surface area contributed by atoms with Crippen molar-refractivity contribution in [1.82, 2.24) is 10.6 Å². The highest BCUT2D eigenvalue weighted by atomic mass is 35.5.